The number of benzene rings is 3. The van der Waals surface area contributed by atoms with Gasteiger partial charge in [0.15, 0.2) is 0 Å². The van der Waals surface area contributed by atoms with Crippen molar-refractivity contribution in [2.75, 3.05) is 0 Å². The van der Waals surface area contributed by atoms with Crippen molar-refractivity contribution in [3.8, 4) is 0 Å². The Labute approximate surface area is 143 Å². The normalized spacial score (nSPS) is 11.8. The average molecular weight is 315 g/mol. The molecule has 0 fully saturated rings. The number of carbonyl (C=O) groups is 1. The van der Waals surface area contributed by atoms with Crippen LogP contribution in [0.2, 0.25) is 0 Å². The van der Waals surface area contributed by atoms with E-state index in [-0.39, 0.29) is 11.9 Å². The predicted octanol–water partition coefficient (Wildman–Crippen LogP) is 4.82. The van der Waals surface area contributed by atoms with E-state index in [0.717, 1.165) is 22.3 Å². The highest BCUT2D eigenvalue weighted by molar-refractivity contribution is 5.96. The van der Waals surface area contributed by atoms with Gasteiger partial charge in [0, 0.05) is 5.56 Å². The van der Waals surface area contributed by atoms with Crippen LogP contribution < -0.4 is 5.32 Å². The predicted molar refractivity (Wildman–Crippen MR) is 98.1 cm³/mol. The minimum absolute atomic E-state index is 0.0507. The van der Waals surface area contributed by atoms with Gasteiger partial charge in [-0.1, -0.05) is 72.8 Å². The molecular formula is C22H21NO. The van der Waals surface area contributed by atoms with Crippen molar-refractivity contribution in [3.63, 3.8) is 0 Å². The molecule has 1 amide bonds. The molecule has 3 rings (SSSR count). The quantitative estimate of drug-likeness (QED) is 0.734. The Hall–Kier alpha value is -2.87. The second-order valence-corrected chi connectivity index (χ2v) is 5.99. The largest absolute Gasteiger partial charge is 0.341 e. The van der Waals surface area contributed by atoms with Crippen LogP contribution in [0.5, 0.6) is 0 Å². The Balaban J connectivity index is 1.99. The molecule has 1 N–H and O–H groups in total. The molecule has 2 nitrogen and oxygen atoms in total. The Morgan fingerprint density at radius 3 is 2.00 bits per heavy atom. The van der Waals surface area contributed by atoms with E-state index >= 15 is 0 Å². The minimum Gasteiger partial charge on any atom is -0.341 e. The Morgan fingerprint density at radius 2 is 1.33 bits per heavy atom. The van der Waals surface area contributed by atoms with E-state index in [1.54, 1.807) is 0 Å². The van der Waals surface area contributed by atoms with Gasteiger partial charge in [-0.15, -0.1) is 0 Å². The zero-order chi connectivity index (χ0) is 16.9. The number of nitrogens with one attached hydrogen (secondary N) is 1. The van der Waals surface area contributed by atoms with Crippen molar-refractivity contribution < 1.29 is 4.79 Å². The fourth-order valence-corrected chi connectivity index (χ4v) is 2.93. The number of aryl methyl sites for hydroxylation is 2. The maximum Gasteiger partial charge on any atom is 0.252 e. The fourth-order valence-electron chi connectivity index (χ4n) is 2.93. The first-order valence-electron chi connectivity index (χ1n) is 8.14. The summed E-state index contributed by atoms with van der Waals surface area (Å²) in [6.45, 7) is 4.03. The lowest BCUT2D eigenvalue weighted by Crippen LogP contribution is -2.30. The SMILES string of the molecule is Cc1ccccc1C(=O)N[C@H](c1ccccc1)c1ccccc1C. The molecule has 0 unspecified atom stereocenters. The van der Waals surface area contributed by atoms with E-state index in [1.165, 1.54) is 0 Å². The molecule has 3 aromatic carbocycles. The summed E-state index contributed by atoms with van der Waals surface area (Å²) in [4.78, 5) is 12.8. The van der Waals surface area contributed by atoms with E-state index in [0.29, 0.717) is 5.56 Å². The number of carbonyl (C=O) groups excluding carboxylic acids is 1. The van der Waals surface area contributed by atoms with Gasteiger partial charge >= 0.3 is 0 Å². The molecule has 0 saturated carbocycles. The van der Waals surface area contributed by atoms with Crippen LogP contribution in [0.15, 0.2) is 78.9 Å². The molecule has 0 radical (unpaired) electrons. The second kappa shape index (κ2) is 7.14. The maximum atomic E-state index is 12.8. The molecule has 0 bridgehead atoms. The third-order valence-corrected chi connectivity index (χ3v) is 4.30. The van der Waals surface area contributed by atoms with Gasteiger partial charge in [-0.05, 0) is 42.2 Å². The van der Waals surface area contributed by atoms with Crippen LogP contribution in [0.4, 0.5) is 0 Å². The summed E-state index contributed by atoms with van der Waals surface area (Å²) >= 11 is 0. The van der Waals surface area contributed by atoms with Crippen LogP contribution in [-0.4, -0.2) is 5.91 Å². The second-order valence-electron chi connectivity index (χ2n) is 5.99. The van der Waals surface area contributed by atoms with E-state index in [4.69, 9.17) is 0 Å². The van der Waals surface area contributed by atoms with Gasteiger partial charge in [0.05, 0.1) is 6.04 Å². The first-order chi connectivity index (χ1) is 11.7. The van der Waals surface area contributed by atoms with Crippen molar-refractivity contribution in [1.29, 1.82) is 0 Å². The van der Waals surface area contributed by atoms with Crippen LogP contribution in [-0.2, 0) is 0 Å². The molecule has 0 saturated heterocycles. The molecule has 2 heteroatoms. The van der Waals surface area contributed by atoms with E-state index in [2.05, 4.69) is 36.5 Å². The molecule has 24 heavy (non-hydrogen) atoms. The van der Waals surface area contributed by atoms with Crippen molar-refractivity contribution in [3.05, 3.63) is 107 Å². The number of amides is 1. The molecule has 120 valence electrons. The smallest absolute Gasteiger partial charge is 0.252 e. The summed E-state index contributed by atoms with van der Waals surface area (Å²) in [5, 5.41) is 3.21. The average Bonchev–Trinajstić information content (AvgIpc) is 2.61. The summed E-state index contributed by atoms with van der Waals surface area (Å²) in [5.41, 5.74) is 5.05. The summed E-state index contributed by atoms with van der Waals surface area (Å²) in [6, 6.07) is 25.8. The Morgan fingerprint density at radius 1 is 0.750 bits per heavy atom. The summed E-state index contributed by atoms with van der Waals surface area (Å²) in [6.07, 6.45) is 0. The lowest BCUT2D eigenvalue weighted by molar-refractivity contribution is 0.0942. The van der Waals surface area contributed by atoms with Crippen molar-refractivity contribution >= 4 is 5.91 Å². The van der Waals surface area contributed by atoms with Gasteiger partial charge in [0.2, 0.25) is 0 Å². The number of hydrogen-bond acceptors (Lipinski definition) is 1. The number of hydrogen-bond donors (Lipinski definition) is 1. The third kappa shape index (κ3) is 3.38. The van der Waals surface area contributed by atoms with Crippen LogP contribution in [0.25, 0.3) is 0 Å². The maximum absolute atomic E-state index is 12.8. The molecule has 1 atom stereocenters. The first-order valence-corrected chi connectivity index (χ1v) is 8.14. The number of rotatable bonds is 4. The minimum atomic E-state index is -0.167. The summed E-state index contributed by atoms with van der Waals surface area (Å²) in [7, 11) is 0. The van der Waals surface area contributed by atoms with Crippen molar-refractivity contribution in [2.45, 2.75) is 19.9 Å². The van der Waals surface area contributed by atoms with E-state index in [9.17, 15) is 4.79 Å². The standard InChI is InChI=1S/C22H21NO/c1-16-10-6-8-14-19(16)21(18-12-4-3-5-13-18)23-22(24)20-15-9-7-11-17(20)2/h3-15,21H,1-2H3,(H,23,24)/t21-/m1/s1. The van der Waals surface area contributed by atoms with Crippen LogP contribution in [0.3, 0.4) is 0 Å². The van der Waals surface area contributed by atoms with Gasteiger partial charge in [0.25, 0.3) is 5.91 Å². The molecule has 0 aliphatic carbocycles. The zero-order valence-electron chi connectivity index (χ0n) is 14.0. The monoisotopic (exact) mass is 315 g/mol. The lowest BCUT2D eigenvalue weighted by Gasteiger charge is -2.22. The van der Waals surface area contributed by atoms with Crippen molar-refractivity contribution in [2.24, 2.45) is 0 Å². The molecular weight excluding hydrogens is 294 g/mol. The fraction of sp³-hybridized carbons (Fsp3) is 0.136. The summed E-state index contributed by atoms with van der Waals surface area (Å²) < 4.78 is 0. The molecule has 3 aromatic rings. The van der Waals surface area contributed by atoms with E-state index in [1.807, 2.05) is 61.5 Å². The van der Waals surface area contributed by atoms with Crippen LogP contribution in [0, 0.1) is 13.8 Å². The Bertz CT molecular complexity index is 839. The highest BCUT2D eigenvalue weighted by Gasteiger charge is 2.19. The highest BCUT2D eigenvalue weighted by Crippen LogP contribution is 2.25. The van der Waals surface area contributed by atoms with Crippen LogP contribution in [0.1, 0.15) is 38.7 Å². The van der Waals surface area contributed by atoms with Gasteiger partial charge in [-0.25, -0.2) is 0 Å². The summed E-state index contributed by atoms with van der Waals surface area (Å²) in [5.74, 6) is -0.0507. The third-order valence-electron chi connectivity index (χ3n) is 4.30. The van der Waals surface area contributed by atoms with E-state index < -0.39 is 0 Å². The topological polar surface area (TPSA) is 29.1 Å². The van der Waals surface area contributed by atoms with Gasteiger partial charge in [-0.2, -0.15) is 0 Å². The molecule has 0 spiro atoms. The zero-order valence-corrected chi connectivity index (χ0v) is 14.0. The highest BCUT2D eigenvalue weighted by atomic mass is 16.1. The Kier molecular flexibility index (Phi) is 4.76. The van der Waals surface area contributed by atoms with Gasteiger partial charge in [0.1, 0.15) is 0 Å². The van der Waals surface area contributed by atoms with Gasteiger partial charge in [-0.3, -0.25) is 4.79 Å². The lowest BCUT2D eigenvalue weighted by atomic mass is 9.94. The molecule has 0 aromatic heterocycles. The van der Waals surface area contributed by atoms with Gasteiger partial charge < -0.3 is 5.32 Å². The molecule has 0 aliphatic rings. The first kappa shape index (κ1) is 16.0. The van der Waals surface area contributed by atoms with Crippen LogP contribution >= 0.6 is 0 Å². The molecule has 0 heterocycles. The van der Waals surface area contributed by atoms with Crippen molar-refractivity contribution in [1.82, 2.24) is 5.32 Å². The molecule has 0 aliphatic heterocycles.